The highest BCUT2D eigenvalue weighted by atomic mass is 16.5. The van der Waals surface area contributed by atoms with Crippen molar-refractivity contribution < 1.29 is 19.1 Å². The fourth-order valence-corrected chi connectivity index (χ4v) is 2.42. The van der Waals surface area contributed by atoms with Gasteiger partial charge in [0.15, 0.2) is 6.61 Å². The average Bonchev–Trinajstić information content (AvgIpc) is 2.60. The molecule has 1 N–H and O–H groups in total. The average molecular weight is 326 g/mol. The lowest BCUT2D eigenvalue weighted by molar-refractivity contribution is -0.120. The molecular weight excluding hydrogens is 308 g/mol. The highest BCUT2D eigenvalue weighted by Crippen LogP contribution is 2.32. The summed E-state index contributed by atoms with van der Waals surface area (Å²) in [4.78, 5) is 25.6. The monoisotopic (exact) mass is 326 g/mol. The first kappa shape index (κ1) is 15.9. The third-order valence-electron chi connectivity index (χ3n) is 3.73. The highest BCUT2D eigenvalue weighted by Gasteiger charge is 2.23. The summed E-state index contributed by atoms with van der Waals surface area (Å²) < 4.78 is 10.7. The lowest BCUT2D eigenvalue weighted by Crippen LogP contribution is -2.35. The number of ether oxygens (including phenoxy) is 2. The van der Waals surface area contributed by atoms with E-state index in [2.05, 4.69) is 5.32 Å². The normalized spacial score (nSPS) is 13.1. The van der Waals surface area contributed by atoms with Gasteiger partial charge >= 0.3 is 0 Å². The molecule has 124 valence electrons. The highest BCUT2D eigenvalue weighted by molar-refractivity contribution is 6.06. The Hall–Kier alpha value is -3.02. The summed E-state index contributed by atoms with van der Waals surface area (Å²) in [6.45, 7) is 2.52. The second-order valence-electron chi connectivity index (χ2n) is 5.34. The molecule has 1 aliphatic rings. The molecule has 1 heterocycles. The smallest absolute Gasteiger partial charge is 0.264 e. The Bertz CT molecular complexity index is 771. The van der Waals surface area contributed by atoms with Crippen molar-refractivity contribution in [1.29, 1.82) is 0 Å². The minimum absolute atomic E-state index is 0.0151. The number of likely N-dealkylation sites (N-methyl/N-ethyl adjacent to an activating group) is 1. The fraction of sp³-hybridized carbons (Fsp3) is 0.222. The van der Waals surface area contributed by atoms with Crippen LogP contribution in [0.3, 0.4) is 0 Å². The first-order chi connectivity index (χ1) is 11.6. The van der Waals surface area contributed by atoms with Crippen molar-refractivity contribution in [2.24, 2.45) is 0 Å². The summed E-state index contributed by atoms with van der Waals surface area (Å²) in [5.41, 5.74) is 1.71. The van der Waals surface area contributed by atoms with Gasteiger partial charge in [-0.15, -0.1) is 0 Å². The van der Waals surface area contributed by atoms with E-state index in [1.807, 2.05) is 6.92 Å². The SMILES string of the molecule is CCOc1ccc(NC(=O)c2ccc3c(c2)N(C)C(=O)CO3)cc1. The van der Waals surface area contributed by atoms with Gasteiger partial charge in [-0.3, -0.25) is 9.59 Å². The Kier molecular flexibility index (Phi) is 4.37. The molecule has 2 aromatic rings. The zero-order valence-electron chi connectivity index (χ0n) is 13.5. The van der Waals surface area contributed by atoms with E-state index >= 15 is 0 Å². The number of benzene rings is 2. The lowest BCUT2D eigenvalue weighted by Gasteiger charge is -2.26. The van der Waals surface area contributed by atoms with E-state index in [-0.39, 0.29) is 18.4 Å². The molecule has 2 aromatic carbocycles. The topological polar surface area (TPSA) is 67.9 Å². The molecule has 0 aliphatic carbocycles. The number of amides is 2. The van der Waals surface area contributed by atoms with Crippen LogP contribution in [0.25, 0.3) is 0 Å². The Labute approximate surface area is 140 Å². The van der Waals surface area contributed by atoms with Crippen molar-refractivity contribution in [3.63, 3.8) is 0 Å². The summed E-state index contributed by atoms with van der Waals surface area (Å²) in [5.74, 6) is 0.941. The number of fused-ring (bicyclic) bond motifs is 1. The van der Waals surface area contributed by atoms with Crippen molar-refractivity contribution in [2.45, 2.75) is 6.92 Å². The first-order valence-corrected chi connectivity index (χ1v) is 7.66. The number of carbonyl (C=O) groups excluding carboxylic acids is 2. The zero-order valence-corrected chi connectivity index (χ0v) is 13.5. The predicted molar refractivity (Wildman–Crippen MR) is 90.9 cm³/mol. The summed E-state index contributed by atoms with van der Waals surface area (Å²) in [6, 6.07) is 12.2. The number of hydrogen-bond acceptors (Lipinski definition) is 4. The van der Waals surface area contributed by atoms with Crippen LogP contribution in [0.2, 0.25) is 0 Å². The van der Waals surface area contributed by atoms with Gasteiger partial charge in [-0.25, -0.2) is 0 Å². The number of hydrogen-bond donors (Lipinski definition) is 1. The standard InChI is InChI=1S/C18H18N2O4/c1-3-23-14-7-5-13(6-8-14)19-18(22)12-4-9-16-15(10-12)20(2)17(21)11-24-16/h4-10H,3,11H2,1-2H3,(H,19,22). The molecule has 0 saturated carbocycles. The number of nitrogens with zero attached hydrogens (tertiary/aromatic N) is 1. The molecule has 6 nitrogen and oxygen atoms in total. The van der Waals surface area contributed by atoms with E-state index in [1.54, 1.807) is 49.5 Å². The third kappa shape index (κ3) is 3.17. The maximum atomic E-state index is 12.4. The molecule has 3 rings (SSSR count). The second kappa shape index (κ2) is 6.62. The van der Waals surface area contributed by atoms with E-state index in [4.69, 9.17) is 9.47 Å². The summed E-state index contributed by atoms with van der Waals surface area (Å²) >= 11 is 0. The number of carbonyl (C=O) groups is 2. The lowest BCUT2D eigenvalue weighted by atomic mass is 10.1. The first-order valence-electron chi connectivity index (χ1n) is 7.66. The van der Waals surface area contributed by atoms with Gasteiger partial charge in [-0.1, -0.05) is 0 Å². The molecule has 2 amide bonds. The Balaban J connectivity index is 1.77. The molecule has 6 heteroatoms. The summed E-state index contributed by atoms with van der Waals surface area (Å²) in [7, 11) is 1.66. The van der Waals surface area contributed by atoms with Gasteiger partial charge in [0.2, 0.25) is 0 Å². The van der Waals surface area contributed by atoms with Gasteiger partial charge < -0.3 is 19.7 Å². The summed E-state index contributed by atoms with van der Waals surface area (Å²) in [6.07, 6.45) is 0. The van der Waals surface area contributed by atoms with E-state index in [1.165, 1.54) is 4.90 Å². The molecular formula is C18H18N2O4. The van der Waals surface area contributed by atoms with Crippen LogP contribution in [0.4, 0.5) is 11.4 Å². The van der Waals surface area contributed by atoms with Crippen molar-refractivity contribution >= 4 is 23.2 Å². The van der Waals surface area contributed by atoms with Gasteiger partial charge in [-0.05, 0) is 49.4 Å². The molecule has 0 bridgehead atoms. The van der Waals surface area contributed by atoms with Gasteiger partial charge in [0.05, 0.1) is 12.3 Å². The van der Waals surface area contributed by atoms with Crippen LogP contribution >= 0.6 is 0 Å². The van der Waals surface area contributed by atoms with Crippen molar-refractivity contribution in [3.8, 4) is 11.5 Å². The van der Waals surface area contributed by atoms with E-state index in [0.717, 1.165) is 5.75 Å². The molecule has 0 atom stereocenters. The van der Waals surface area contributed by atoms with Crippen LogP contribution in [0.15, 0.2) is 42.5 Å². The maximum absolute atomic E-state index is 12.4. The van der Waals surface area contributed by atoms with Crippen molar-refractivity contribution in [1.82, 2.24) is 0 Å². The zero-order chi connectivity index (χ0) is 17.1. The fourth-order valence-electron chi connectivity index (χ4n) is 2.42. The predicted octanol–water partition coefficient (Wildman–Crippen LogP) is 2.69. The van der Waals surface area contributed by atoms with Gasteiger partial charge in [0, 0.05) is 18.3 Å². The van der Waals surface area contributed by atoms with E-state index < -0.39 is 0 Å². The second-order valence-corrected chi connectivity index (χ2v) is 5.34. The van der Waals surface area contributed by atoms with Crippen LogP contribution in [0, 0.1) is 0 Å². The molecule has 0 unspecified atom stereocenters. The quantitative estimate of drug-likeness (QED) is 0.938. The molecule has 1 aliphatic heterocycles. The van der Waals surface area contributed by atoms with E-state index in [9.17, 15) is 9.59 Å². The van der Waals surface area contributed by atoms with Crippen LogP contribution in [0.5, 0.6) is 11.5 Å². The minimum Gasteiger partial charge on any atom is -0.494 e. The number of rotatable bonds is 4. The number of nitrogens with one attached hydrogen (secondary N) is 1. The molecule has 0 radical (unpaired) electrons. The van der Waals surface area contributed by atoms with Gasteiger partial charge in [0.1, 0.15) is 11.5 Å². The van der Waals surface area contributed by atoms with Crippen molar-refractivity contribution in [2.75, 3.05) is 30.5 Å². The van der Waals surface area contributed by atoms with Crippen LogP contribution in [-0.2, 0) is 4.79 Å². The van der Waals surface area contributed by atoms with Crippen LogP contribution in [0.1, 0.15) is 17.3 Å². The Morgan fingerprint density at radius 3 is 2.71 bits per heavy atom. The van der Waals surface area contributed by atoms with E-state index in [0.29, 0.717) is 29.3 Å². The maximum Gasteiger partial charge on any atom is 0.264 e. The molecule has 0 fully saturated rings. The van der Waals surface area contributed by atoms with Crippen LogP contribution < -0.4 is 19.7 Å². The van der Waals surface area contributed by atoms with Crippen LogP contribution in [-0.4, -0.2) is 32.1 Å². The van der Waals surface area contributed by atoms with Crippen molar-refractivity contribution in [3.05, 3.63) is 48.0 Å². The third-order valence-corrected chi connectivity index (χ3v) is 3.73. The molecule has 0 aromatic heterocycles. The Morgan fingerprint density at radius 2 is 2.00 bits per heavy atom. The molecule has 24 heavy (non-hydrogen) atoms. The minimum atomic E-state index is -0.256. The van der Waals surface area contributed by atoms with Gasteiger partial charge in [0.25, 0.3) is 11.8 Å². The summed E-state index contributed by atoms with van der Waals surface area (Å²) in [5, 5.41) is 2.82. The van der Waals surface area contributed by atoms with Gasteiger partial charge in [-0.2, -0.15) is 0 Å². The molecule has 0 spiro atoms. The largest absolute Gasteiger partial charge is 0.494 e. The number of anilines is 2. The Morgan fingerprint density at radius 1 is 1.25 bits per heavy atom. The molecule has 0 saturated heterocycles.